The first-order valence-electron chi connectivity index (χ1n) is 10.5. The van der Waals surface area contributed by atoms with Crippen LogP contribution in [0.1, 0.15) is 52.9 Å². The van der Waals surface area contributed by atoms with Gasteiger partial charge in [-0.15, -0.1) is 16.4 Å². The molecular weight excluding hydrogens is 410 g/mol. The molecule has 0 bridgehead atoms. The van der Waals surface area contributed by atoms with E-state index in [0.29, 0.717) is 25.4 Å². The van der Waals surface area contributed by atoms with E-state index in [0.717, 1.165) is 22.8 Å². The van der Waals surface area contributed by atoms with Gasteiger partial charge in [0, 0.05) is 24.7 Å². The van der Waals surface area contributed by atoms with E-state index < -0.39 is 11.6 Å². The van der Waals surface area contributed by atoms with Crippen LogP contribution in [-0.4, -0.2) is 50.3 Å². The van der Waals surface area contributed by atoms with Gasteiger partial charge in [-0.1, -0.05) is 44.2 Å². The molecule has 1 aliphatic heterocycles. The number of nitrogens with one attached hydrogen (secondary N) is 1. The van der Waals surface area contributed by atoms with Crippen LogP contribution in [0.4, 0.5) is 0 Å². The van der Waals surface area contributed by atoms with Gasteiger partial charge < -0.3 is 10.4 Å². The summed E-state index contributed by atoms with van der Waals surface area (Å²) in [6, 6.07) is 13.0. The first-order chi connectivity index (χ1) is 15.0. The number of aromatic nitrogens is 3. The number of carbonyl (C=O) groups is 1. The molecule has 2 aromatic heterocycles. The summed E-state index contributed by atoms with van der Waals surface area (Å²) in [5.41, 5.74) is 1.33. The number of carbonyl (C=O) groups excluding carboxylic acids is 1. The molecule has 7 nitrogen and oxygen atoms in total. The van der Waals surface area contributed by atoms with E-state index in [-0.39, 0.29) is 11.6 Å². The lowest BCUT2D eigenvalue weighted by molar-refractivity contribution is -0.0182. The molecule has 8 heteroatoms. The highest BCUT2D eigenvalue weighted by Gasteiger charge is 2.45. The quantitative estimate of drug-likeness (QED) is 0.616. The molecule has 0 saturated carbocycles. The van der Waals surface area contributed by atoms with Gasteiger partial charge in [0.2, 0.25) is 0 Å². The summed E-state index contributed by atoms with van der Waals surface area (Å²) >= 11 is 1.66. The average Bonchev–Trinajstić information content (AvgIpc) is 3.26. The zero-order valence-corrected chi connectivity index (χ0v) is 18.5. The van der Waals surface area contributed by atoms with Crippen molar-refractivity contribution in [1.29, 1.82) is 0 Å². The van der Waals surface area contributed by atoms with Crippen molar-refractivity contribution in [3.8, 4) is 0 Å². The summed E-state index contributed by atoms with van der Waals surface area (Å²) in [5, 5.41) is 25.3. The Labute approximate surface area is 186 Å². The monoisotopic (exact) mass is 437 g/mol. The Balaban J connectivity index is 1.54. The minimum atomic E-state index is -0.891. The van der Waals surface area contributed by atoms with Gasteiger partial charge in [0.1, 0.15) is 5.01 Å². The fourth-order valence-corrected chi connectivity index (χ4v) is 4.97. The summed E-state index contributed by atoms with van der Waals surface area (Å²) in [5.74, 6) is 0.0601. The topological polar surface area (TPSA) is 91.2 Å². The maximum Gasteiger partial charge on any atom is 0.272 e. The van der Waals surface area contributed by atoms with E-state index in [4.69, 9.17) is 4.98 Å². The van der Waals surface area contributed by atoms with Crippen molar-refractivity contribution < 1.29 is 9.90 Å². The van der Waals surface area contributed by atoms with Crippen molar-refractivity contribution in [2.45, 2.75) is 44.4 Å². The molecule has 0 radical (unpaired) electrons. The van der Waals surface area contributed by atoms with Crippen LogP contribution in [0.5, 0.6) is 0 Å². The molecule has 1 aliphatic rings. The molecule has 0 spiro atoms. The van der Waals surface area contributed by atoms with Crippen LogP contribution >= 0.6 is 11.3 Å². The van der Waals surface area contributed by atoms with E-state index in [1.54, 1.807) is 23.5 Å². The highest BCUT2D eigenvalue weighted by Crippen LogP contribution is 2.34. The SMILES string of the molecule is CC(C)c1csc(CN2CC[C@@](NC(=O)c3cccnn3)(c3ccccc3)[C@H](O)C2)n1. The number of hydrogen-bond donors (Lipinski definition) is 2. The fourth-order valence-electron chi connectivity index (χ4n) is 3.97. The van der Waals surface area contributed by atoms with Crippen LogP contribution in [0.2, 0.25) is 0 Å². The van der Waals surface area contributed by atoms with Gasteiger partial charge in [0.15, 0.2) is 5.69 Å². The van der Waals surface area contributed by atoms with Gasteiger partial charge in [-0.05, 0) is 30.0 Å². The minimum absolute atomic E-state index is 0.233. The van der Waals surface area contributed by atoms with Crippen LogP contribution in [0.3, 0.4) is 0 Å². The summed E-state index contributed by atoms with van der Waals surface area (Å²) in [4.78, 5) is 19.8. The first-order valence-corrected chi connectivity index (χ1v) is 11.4. The van der Waals surface area contributed by atoms with Crippen LogP contribution < -0.4 is 5.32 Å². The molecule has 0 aliphatic carbocycles. The van der Waals surface area contributed by atoms with Crippen molar-refractivity contribution in [3.05, 3.63) is 76.0 Å². The number of benzene rings is 1. The molecule has 2 N–H and O–H groups in total. The smallest absolute Gasteiger partial charge is 0.272 e. The zero-order chi connectivity index (χ0) is 21.8. The molecular formula is C23H27N5O2S. The lowest BCUT2D eigenvalue weighted by atomic mass is 9.78. The number of β-amino-alcohol motifs (C(OH)–C–C–N with tert-alkyl or cyclic N) is 1. The van der Waals surface area contributed by atoms with Crippen LogP contribution in [0.25, 0.3) is 0 Å². The molecule has 0 unspecified atom stereocenters. The number of aliphatic hydroxyl groups excluding tert-OH is 1. The molecule has 1 amide bonds. The Hall–Kier alpha value is -2.68. The highest BCUT2D eigenvalue weighted by atomic mass is 32.1. The van der Waals surface area contributed by atoms with E-state index >= 15 is 0 Å². The molecule has 3 heterocycles. The van der Waals surface area contributed by atoms with Crippen LogP contribution in [0, 0.1) is 0 Å². The second-order valence-electron chi connectivity index (χ2n) is 8.22. The van der Waals surface area contributed by atoms with Gasteiger partial charge >= 0.3 is 0 Å². The Bertz CT molecular complexity index is 1010. The predicted octanol–water partition coefficient (Wildman–Crippen LogP) is 2.95. The third kappa shape index (κ3) is 4.66. The highest BCUT2D eigenvalue weighted by molar-refractivity contribution is 7.09. The predicted molar refractivity (Wildman–Crippen MR) is 120 cm³/mol. The van der Waals surface area contributed by atoms with E-state index in [1.165, 1.54) is 6.20 Å². The number of hydrogen-bond acceptors (Lipinski definition) is 7. The Morgan fingerprint density at radius 2 is 2.10 bits per heavy atom. The summed E-state index contributed by atoms with van der Waals surface area (Å²) in [7, 11) is 0. The lowest BCUT2D eigenvalue weighted by Crippen LogP contribution is -2.61. The number of nitrogens with zero attached hydrogens (tertiary/aromatic N) is 4. The lowest BCUT2D eigenvalue weighted by Gasteiger charge is -2.46. The van der Waals surface area contributed by atoms with E-state index in [9.17, 15) is 9.90 Å². The van der Waals surface area contributed by atoms with Gasteiger partial charge in [0.05, 0.1) is 23.9 Å². The molecule has 1 saturated heterocycles. The molecule has 31 heavy (non-hydrogen) atoms. The third-order valence-electron chi connectivity index (χ3n) is 5.77. The van der Waals surface area contributed by atoms with Crippen LogP contribution in [-0.2, 0) is 12.1 Å². The van der Waals surface area contributed by atoms with E-state index in [1.807, 2.05) is 30.3 Å². The standard InChI is InChI=1S/C23H27N5O2S/c1-16(2)19-15-31-21(25-19)14-28-12-10-23(20(29)13-28,17-7-4-3-5-8-17)26-22(30)18-9-6-11-24-27-18/h3-9,11,15-16,20,29H,10,12-14H2,1-2H3,(H,26,30)/t20-,23-/m1/s1. The molecule has 4 rings (SSSR count). The Kier molecular flexibility index (Phi) is 6.41. The zero-order valence-electron chi connectivity index (χ0n) is 17.7. The average molecular weight is 438 g/mol. The Morgan fingerprint density at radius 1 is 1.29 bits per heavy atom. The van der Waals surface area contributed by atoms with Crippen molar-refractivity contribution >= 4 is 17.2 Å². The number of piperidine rings is 1. The number of likely N-dealkylation sites (tertiary alicyclic amines) is 1. The molecule has 3 aromatic rings. The van der Waals surface area contributed by atoms with Gasteiger partial charge in [-0.3, -0.25) is 9.69 Å². The van der Waals surface area contributed by atoms with Crippen molar-refractivity contribution in [2.75, 3.05) is 13.1 Å². The summed E-state index contributed by atoms with van der Waals surface area (Å²) in [6.07, 6.45) is 1.32. The minimum Gasteiger partial charge on any atom is -0.389 e. The van der Waals surface area contributed by atoms with Gasteiger partial charge in [0.25, 0.3) is 5.91 Å². The summed E-state index contributed by atoms with van der Waals surface area (Å²) < 4.78 is 0. The molecule has 162 valence electrons. The number of aliphatic hydroxyl groups is 1. The second-order valence-corrected chi connectivity index (χ2v) is 9.16. The molecule has 2 atom stereocenters. The second kappa shape index (κ2) is 9.21. The first kappa shape index (κ1) is 21.5. The van der Waals surface area contributed by atoms with Crippen molar-refractivity contribution in [3.63, 3.8) is 0 Å². The van der Waals surface area contributed by atoms with Gasteiger partial charge in [-0.2, -0.15) is 5.10 Å². The third-order valence-corrected chi connectivity index (χ3v) is 6.62. The maximum atomic E-state index is 12.9. The maximum absolute atomic E-state index is 12.9. The van der Waals surface area contributed by atoms with E-state index in [2.05, 4.69) is 39.6 Å². The summed E-state index contributed by atoms with van der Waals surface area (Å²) in [6.45, 7) is 6.13. The number of thiazole rings is 1. The normalized spacial score (nSPS) is 21.9. The molecule has 1 fully saturated rings. The number of amides is 1. The largest absolute Gasteiger partial charge is 0.389 e. The van der Waals surface area contributed by atoms with Crippen LogP contribution in [0.15, 0.2) is 54.0 Å². The van der Waals surface area contributed by atoms with Crippen molar-refractivity contribution in [1.82, 2.24) is 25.4 Å². The number of rotatable bonds is 6. The van der Waals surface area contributed by atoms with Gasteiger partial charge in [-0.25, -0.2) is 4.98 Å². The fraction of sp³-hybridized carbons (Fsp3) is 0.391. The Morgan fingerprint density at radius 3 is 2.74 bits per heavy atom. The molecule has 1 aromatic carbocycles. The van der Waals surface area contributed by atoms with Crippen molar-refractivity contribution in [2.24, 2.45) is 0 Å².